The predicted molar refractivity (Wildman–Crippen MR) is 59.6 cm³/mol. The van der Waals surface area contributed by atoms with Gasteiger partial charge in [0, 0.05) is 24.6 Å². The summed E-state index contributed by atoms with van der Waals surface area (Å²) < 4.78 is 0. The lowest BCUT2D eigenvalue weighted by atomic mass is 10.3. The van der Waals surface area contributed by atoms with Gasteiger partial charge < -0.3 is 0 Å². The number of aromatic amines is 1. The van der Waals surface area contributed by atoms with E-state index in [1.54, 1.807) is 18.0 Å². The zero-order chi connectivity index (χ0) is 10.5. The third-order valence-corrected chi connectivity index (χ3v) is 2.86. The monoisotopic (exact) mass is 220 g/mol. The maximum absolute atomic E-state index is 4.32. The number of aryl methyl sites for hydroxylation is 1. The van der Waals surface area contributed by atoms with Gasteiger partial charge in [-0.05, 0) is 11.6 Å². The van der Waals surface area contributed by atoms with E-state index < -0.39 is 0 Å². The third kappa shape index (κ3) is 2.79. The predicted octanol–water partition coefficient (Wildman–Crippen LogP) is 2.05. The van der Waals surface area contributed by atoms with Crippen LogP contribution in [0.5, 0.6) is 0 Å². The van der Waals surface area contributed by atoms with E-state index in [1.807, 2.05) is 18.3 Å². The fourth-order valence-electron chi connectivity index (χ4n) is 1.13. The van der Waals surface area contributed by atoms with Gasteiger partial charge in [0.2, 0.25) is 5.16 Å². The highest BCUT2D eigenvalue weighted by molar-refractivity contribution is 7.98. The van der Waals surface area contributed by atoms with Crippen LogP contribution in [0.1, 0.15) is 18.3 Å². The Kier molecular flexibility index (Phi) is 3.34. The van der Waals surface area contributed by atoms with Crippen molar-refractivity contribution in [3.63, 3.8) is 0 Å². The lowest BCUT2D eigenvalue weighted by Crippen LogP contribution is -1.83. The Morgan fingerprint density at radius 3 is 3.07 bits per heavy atom. The summed E-state index contributed by atoms with van der Waals surface area (Å²) >= 11 is 1.62. The molecule has 0 aliphatic rings. The van der Waals surface area contributed by atoms with Gasteiger partial charge in [-0.15, -0.1) is 5.10 Å². The van der Waals surface area contributed by atoms with Crippen LogP contribution < -0.4 is 0 Å². The number of thioether (sulfide) groups is 1. The molecule has 0 saturated carbocycles. The van der Waals surface area contributed by atoms with Crippen LogP contribution in [0.4, 0.5) is 0 Å². The third-order valence-electron chi connectivity index (χ3n) is 1.94. The van der Waals surface area contributed by atoms with Crippen molar-refractivity contribution in [1.82, 2.24) is 20.2 Å². The lowest BCUT2D eigenvalue weighted by Gasteiger charge is -1.95. The van der Waals surface area contributed by atoms with Gasteiger partial charge in [0.15, 0.2) is 0 Å². The minimum atomic E-state index is 0.802. The Labute approximate surface area is 92.5 Å². The second-order valence-electron chi connectivity index (χ2n) is 3.07. The van der Waals surface area contributed by atoms with Crippen LogP contribution in [-0.4, -0.2) is 20.2 Å². The standard InChI is InChI=1S/C10H12N4S/c1-2-9-12-10(14-13-9)15-7-8-4-3-5-11-6-8/h3-6H,2,7H2,1H3,(H,12,13,14). The molecular formula is C10H12N4S. The van der Waals surface area contributed by atoms with Gasteiger partial charge in [0.1, 0.15) is 5.82 Å². The summed E-state index contributed by atoms with van der Waals surface area (Å²) in [7, 11) is 0. The molecule has 0 unspecified atom stereocenters. The smallest absolute Gasteiger partial charge is 0.208 e. The molecule has 2 aromatic heterocycles. The molecule has 4 nitrogen and oxygen atoms in total. The van der Waals surface area contributed by atoms with Crippen LogP contribution >= 0.6 is 11.8 Å². The Bertz CT molecular complexity index is 412. The first-order chi connectivity index (χ1) is 7.38. The average Bonchev–Trinajstić information content (AvgIpc) is 2.76. The van der Waals surface area contributed by atoms with E-state index >= 15 is 0 Å². The first kappa shape index (κ1) is 10.2. The van der Waals surface area contributed by atoms with Crippen molar-refractivity contribution in [3.05, 3.63) is 35.9 Å². The van der Waals surface area contributed by atoms with E-state index in [1.165, 1.54) is 5.56 Å². The van der Waals surface area contributed by atoms with Gasteiger partial charge in [-0.1, -0.05) is 24.8 Å². The number of nitrogens with one attached hydrogen (secondary N) is 1. The van der Waals surface area contributed by atoms with Gasteiger partial charge >= 0.3 is 0 Å². The highest BCUT2D eigenvalue weighted by Crippen LogP contribution is 2.17. The normalized spacial score (nSPS) is 10.5. The molecule has 2 rings (SSSR count). The van der Waals surface area contributed by atoms with Crippen LogP contribution in [-0.2, 0) is 12.2 Å². The van der Waals surface area contributed by atoms with Crippen molar-refractivity contribution < 1.29 is 0 Å². The Morgan fingerprint density at radius 2 is 2.40 bits per heavy atom. The quantitative estimate of drug-likeness (QED) is 0.801. The topological polar surface area (TPSA) is 54.5 Å². The summed E-state index contributed by atoms with van der Waals surface area (Å²) in [4.78, 5) is 8.38. The van der Waals surface area contributed by atoms with Crippen LogP contribution in [0.2, 0.25) is 0 Å². The summed E-state index contributed by atoms with van der Waals surface area (Å²) in [5.74, 6) is 1.79. The first-order valence-corrected chi connectivity index (χ1v) is 5.80. The van der Waals surface area contributed by atoms with Gasteiger partial charge in [0.25, 0.3) is 0 Å². The summed E-state index contributed by atoms with van der Waals surface area (Å²) in [6.07, 6.45) is 4.52. The van der Waals surface area contributed by atoms with Crippen molar-refractivity contribution in [3.8, 4) is 0 Å². The summed E-state index contributed by atoms with van der Waals surface area (Å²) in [5, 5.41) is 7.80. The van der Waals surface area contributed by atoms with E-state index in [0.29, 0.717) is 0 Å². The Hall–Kier alpha value is -1.36. The number of nitrogens with zero attached hydrogens (tertiary/aromatic N) is 3. The highest BCUT2D eigenvalue weighted by Gasteiger charge is 2.02. The summed E-state index contributed by atoms with van der Waals surface area (Å²) in [6.45, 7) is 2.05. The molecule has 0 fully saturated rings. The van der Waals surface area contributed by atoms with E-state index in [9.17, 15) is 0 Å². The maximum Gasteiger partial charge on any atom is 0.208 e. The number of hydrogen-bond donors (Lipinski definition) is 1. The fraction of sp³-hybridized carbons (Fsp3) is 0.300. The molecule has 0 saturated heterocycles. The molecule has 2 heterocycles. The van der Waals surface area contributed by atoms with Gasteiger partial charge in [-0.2, -0.15) is 0 Å². The summed E-state index contributed by atoms with van der Waals surface area (Å²) in [6, 6.07) is 3.98. The van der Waals surface area contributed by atoms with E-state index in [0.717, 1.165) is 23.2 Å². The van der Waals surface area contributed by atoms with Crippen LogP contribution in [0, 0.1) is 0 Å². The maximum atomic E-state index is 4.32. The Balaban J connectivity index is 1.93. The van der Waals surface area contributed by atoms with Gasteiger partial charge in [-0.25, -0.2) is 4.98 Å². The lowest BCUT2D eigenvalue weighted by molar-refractivity contribution is 0.941. The molecule has 5 heteroatoms. The van der Waals surface area contributed by atoms with Crippen LogP contribution in [0.15, 0.2) is 29.7 Å². The van der Waals surface area contributed by atoms with Gasteiger partial charge in [-0.3, -0.25) is 10.1 Å². The van der Waals surface area contributed by atoms with Crippen molar-refractivity contribution in [2.24, 2.45) is 0 Å². The number of pyridine rings is 1. The minimum Gasteiger partial charge on any atom is -0.264 e. The van der Waals surface area contributed by atoms with Crippen molar-refractivity contribution in [2.75, 3.05) is 0 Å². The second-order valence-corrected chi connectivity index (χ2v) is 4.01. The molecule has 15 heavy (non-hydrogen) atoms. The SMILES string of the molecule is CCc1nc(SCc2cccnc2)n[nH]1. The minimum absolute atomic E-state index is 0.802. The molecule has 0 aromatic carbocycles. The molecule has 0 atom stereocenters. The molecule has 0 aliphatic heterocycles. The zero-order valence-corrected chi connectivity index (χ0v) is 9.29. The molecule has 1 N–H and O–H groups in total. The number of aromatic nitrogens is 4. The molecule has 0 spiro atoms. The largest absolute Gasteiger partial charge is 0.264 e. The number of H-pyrrole nitrogens is 1. The molecule has 0 bridgehead atoms. The second kappa shape index (κ2) is 4.93. The molecular weight excluding hydrogens is 208 g/mol. The van der Waals surface area contributed by atoms with E-state index in [4.69, 9.17) is 0 Å². The van der Waals surface area contributed by atoms with E-state index in [2.05, 4.69) is 27.1 Å². The van der Waals surface area contributed by atoms with Crippen molar-refractivity contribution in [1.29, 1.82) is 0 Å². The van der Waals surface area contributed by atoms with Gasteiger partial charge in [0.05, 0.1) is 0 Å². The van der Waals surface area contributed by atoms with Crippen molar-refractivity contribution >= 4 is 11.8 Å². The molecule has 78 valence electrons. The molecule has 2 aromatic rings. The first-order valence-electron chi connectivity index (χ1n) is 4.81. The van der Waals surface area contributed by atoms with E-state index in [-0.39, 0.29) is 0 Å². The summed E-state index contributed by atoms with van der Waals surface area (Å²) in [5.41, 5.74) is 1.19. The average molecular weight is 220 g/mol. The number of rotatable bonds is 4. The van der Waals surface area contributed by atoms with Crippen LogP contribution in [0.25, 0.3) is 0 Å². The highest BCUT2D eigenvalue weighted by atomic mass is 32.2. The fourth-order valence-corrected chi connectivity index (χ4v) is 1.88. The molecule has 0 amide bonds. The van der Waals surface area contributed by atoms with Crippen LogP contribution in [0.3, 0.4) is 0 Å². The zero-order valence-electron chi connectivity index (χ0n) is 8.47. The molecule has 0 aliphatic carbocycles. The Morgan fingerprint density at radius 1 is 1.47 bits per heavy atom. The molecule has 0 radical (unpaired) electrons. The number of hydrogen-bond acceptors (Lipinski definition) is 4. The van der Waals surface area contributed by atoms with Crippen molar-refractivity contribution in [2.45, 2.75) is 24.3 Å².